The highest BCUT2D eigenvalue weighted by Gasteiger charge is 2.36. The summed E-state index contributed by atoms with van der Waals surface area (Å²) in [7, 11) is 2.33. The Labute approximate surface area is 117 Å². The molecular formula is C15H29N3O. The molecule has 0 aromatic heterocycles. The predicted octanol–water partition coefficient (Wildman–Crippen LogP) is 0.922. The summed E-state index contributed by atoms with van der Waals surface area (Å²) in [5.74, 6) is 0. The molecular weight excluding hydrogens is 238 g/mol. The molecule has 1 N–H and O–H groups in total. The molecule has 0 aliphatic carbocycles. The van der Waals surface area contributed by atoms with E-state index in [1.54, 1.807) is 0 Å². The van der Waals surface area contributed by atoms with Crippen molar-refractivity contribution in [1.82, 2.24) is 15.1 Å². The lowest BCUT2D eigenvalue weighted by molar-refractivity contribution is 0.0607. The molecule has 3 rings (SSSR count). The third-order valence-corrected chi connectivity index (χ3v) is 5.43. The number of hydrogen-bond donors (Lipinski definition) is 1. The summed E-state index contributed by atoms with van der Waals surface area (Å²) >= 11 is 0. The molecule has 110 valence electrons. The Balaban J connectivity index is 1.53. The summed E-state index contributed by atoms with van der Waals surface area (Å²) in [6, 6.07) is 2.87. The maximum Gasteiger partial charge on any atom is 0.0620 e. The number of nitrogens with zero attached hydrogens (tertiary/aromatic N) is 2. The second kappa shape index (κ2) is 6.08. The fraction of sp³-hybridized carbons (Fsp3) is 1.00. The molecule has 0 aromatic rings. The van der Waals surface area contributed by atoms with Gasteiger partial charge in [-0.15, -0.1) is 0 Å². The van der Waals surface area contributed by atoms with Gasteiger partial charge in [0.1, 0.15) is 0 Å². The maximum atomic E-state index is 5.57. The Morgan fingerprint density at radius 1 is 1.26 bits per heavy atom. The summed E-state index contributed by atoms with van der Waals surface area (Å²) in [5.41, 5.74) is 0. The second-order valence-electron chi connectivity index (χ2n) is 6.64. The monoisotopic (exact) mass is 267 g/mol. The molecule has 0 spiro atoms. The van der Waals surface area contributed by atoms with Gasteiger partial charge in [0.25, 0.3) is 0 Å². The fourth-order valence-electron chi connectivity index (χ4n) is 4.07. The molecule has 4 atom stereocenters. The van der Waals surface area contributed by atoms with Crippen LogP contribution in [0.1, 0.15) is 32.6 Å². The molecule has 3 fully saturated rings. The molecule has 3 aliphatic rings. The van der Waals surface area contributed by atoms with Crippen LogP contribution in [-0.2, 0) is 4.74 Å². The molecule has 0 amide bonds. The molecule has 0 radical (unpaired) electrons. The highest BCUT2D eigenvalue weighted by atomic mass is 16.5. The van der Waals surface area contributed by atoms with Crippen LogP contribution in [0.5, 0.6) is 0 Å². The van der Waals surface area contributed by atoms with Gasteiger partial charge in [-0.2, -0.15) is 0 Å². The van der Waals surface area contributed by atoms with Crippen molar-refractivity contribution in [3.8, 4) is 0 Å². The maximum absolute atomic E-state index is 5.57. The summed E-state index contributed by atoms with van der Waals surface area (Å²) < 4.78 is 5.57. The zero-order valence-electron chi connectivity index (χ0n) is 12.5. The molecule has 3 aliphatic heterocycles. The van der Waals surface area contributed by atoms with E-state index < -0.39 is 0 Å². The first-order valence-electron chi connectivity index (χ1n) is 8.01. The molecule has 4 nitrogen and oxygen atoms in total. The fourth-order valence-corrected chi connectivity index (χ4v) is 4.07. The van der Waals surface area contributed by atoms with Gasteiger partial charge in [-0.05, 0) is 46.2 Å². The Hall–Kier alpha value is -0.160. The third-order valence-electron chi connectivity index (χ3n) is 5.43. The van der Waals surface area contributed by atoms with Crippen LogP contribution in [0.4, 0.5) is 0 Å². The van der Waals surface area contributed by atoms with E-state index >= 15 is 0 Å². The molecule has 0 aromatic carbocycles. The van der Waals surface area contributed by atoms with E-state index in [0.29, 0.717) is 12.1 Å². The number of likely N-dealkylation sites (tertiary alicyclic amines) is 1. The van der Waals surface area contributed by atoms with E-state index in [0.717, 1.165) is 31.8 Å². The van der Waals surface area contributed by atoms with Gasteiger partial charge in [0.15, 0.2) is 0 Å². The van der Waals surface area contributed by atoms with Crippen molar-refractivity contribution in [1.29, 1.82) is 0 Å². The van der Waals surface area contributed by atoms with Crippen molar-refractivity contribution in [2.45, 2.75) is 56.8 Å². The van der Waals surface area contributed by atoms with Crippen LogP contribution in [0.15, 0.2) is 0 Å². The minimum Gasteiger partial charge on any atom is -0.379 e. The van der Waals surface area contributed by atoms with Crippen molar-refractivity contribution in [3.63, 3.8) is 0 Å². The summed E-state index contributed by atoms with van der Waals surface area (Å²) in [5, 5.41) is 3.59. The number of hydrogen-bond acceptors (Lipinski definition) is 4. The molecule has 4 heteroatoms. The molecule has 19 heavy (non-hydrogen) atoms. The van der Waals surface area contributed by atoms with Crippen LogP contribution in [0.25, 0.3) is 0 Å². The quantitative estimate of drug-likeness (QED) is 0.823. The van der Waals surface area contributed by atoms with Gasteiger partial charge < -0.3 is 10.1 Å². The van der Waals surface area contributed by atoms with Crippen molar-refractivity contribution in [2.24, 2.45) is 0 Å². The van der Waals surface area contributed by atoms with Gasteiger partial charge in [-0.25, -0.2) is 0 Å². The highest BCUT2D eigenvalue weighted by Crippen LogP contribution is 2.29. The molecule has 4 unspecified atom stereocenters. The normalized spacial score (nSPS) is 39.2. The molecule has 3 heterocycles. The SMILES string of the molecule is CC(CC1COCCN1)N1CCC2CCC(C1)N2C. The van der Waals surface area contributed by atoms with Crippen LogP contribution >= 0.6 is 0 Å². The minimum absolute atomic E-state index is 0.557. The van der Waals surface area contributed by atoms with Crippen molar-refractivity contribution >= 4 is 0 Å². The van der Waals surface area contributed by atoms with Crippen LogP contribution in [0, 0.1) is 0 Å². The second-order valence-corrected chi connectivity index (χ2v) is 6.64. The van der Waals surface area contributed by atoms with Gasteiger partial charge in [-0.1, -0.05) is 0 Å². The number of rotatable bonds is 3. The topological polar surface area (TPSA) is 27.7 Å². The lowest BCUT2D eigenvalue weighted by Gasteiger charge is -2.34. The van der Waals surface area contributed by atoms with E-state index in [9.17, 15) is 0 Å². The Morgan fingerprint density at radius 3 is 2.89 bits per heavy atom. The average molecular weight is 267 g/mol. The zero-order valence-corrected chi connectivity index (χ0v) is 12.5. The number of ether oxygens (including phenoxy) is 1. The standard InChI is InChI=1S/C15H29N3O/c1-12(9-13-11-19-8-6-16-13)18-7-5-14-3-4-15(10-18)17(14)2/h12-16H,3-11H2,1-2H3. The molecule has 0 saturated carbocycles. The lowest BCUT2D eigenvalue weighted by atomic mass is 10.0. The first-order chi connectivity index (χ1) is 9.24. The van der Waals surface area contributed by atoms with Crippen LogP contribution in [0.3, 0.4) is 0 Å². The Kier molecular flexibility index (Phi) is 4.42. The number of likely N-dealkylation sites (N-methyl/N-ethyl adjacent to an activating group) is 1. The number of morpholine rings is 1. The lowest BCUT2D eigenvalue weighted by Crippen LogP contribution is -2.47. The van der Waals surface area contributed by atoms with E-state index in [1.807, 2.05) is 0 Å². The summed E-state index contributed by atoms with van der Waals surface area (Å²) in [6.45, 7) is 7.73. The van der Waals surface area contributed by atoms with Crippen molar-refractivity contribution < 1.29 is 4.74 Å². The van der Waals surface area contributed by atoms with Gasteiger partial charge in [0.2, 0.25) is 0 Å². The summed E-state index contributed by atoms with van der Waals surface area (Å²) in [4.78, 5) is 5.35. The van der Waals surface area contributed by atoms with Gasteiger partial charge in [0, 0.05) is 37.3 Å². The van der Waals surface area contributed by atoms with Gasteiger partial charge >= 0.3 is 0 Å². The van der Waals surface area contributed by atoms with Crippen molar-refractivity contribution in [2.75, 3.05) is 39.9 Å². The first-order valence-corrected chi connectivity index (χ1v) is 8.01. The summed E-state index contributed by atoms with van der Waals surface area (Å²) in [6.07, 6.45) is 5.39. The van der Waals surface area contributed by atoms with Crippen LogP contribution in [-0.4, -0.2) is 73.9 Å². The van der Waals surface area contributed by atoms with E-state index in [-0.39, 0.29) is 0 Å². The predicted molar refractivity (Wildman–Crippen MR) is 77.5 cm³/mol. The molecule has 3 saturated heterocycles. The average Bonchev–Trinajstić information content (AvgIpc) is 2.64. The van der Waals surface area contributed by atoms with Crippen LogP contribution < -0.4 is 5.32 Å². The van der Waals surface area contributed by atoms with E-state index in [2.05, 4.69) is 29.1 Å². The molecule has 2 bridgehead atoms. The van der Waals surface area contributed by atoms with E-state index in [4.69, 9.17) is 4.74 Å². The highest BCUT2D eigenvalue weighted by molar-refractivity contribution is 4.92. The number of nitrogens with one attached hydrogen (secondary N) is 1. The zero-order chi connectivity index (χ0) is 13.2. The first kappa shape index (κ1) is 13.8. The Bertz CT molecular complexity index is 293. The smallest absolute Gasteiger partial charge is 0.0620 e. The van der Waals surface area contributed by atoms with Crippen molar-refractivity contribution in [3.05, 3.63) is 0 Å². The van der Waals surface area contributed by atoms with Gasteiger partial charge in [-0.3, -0.25) is 9.80 Å². The largest absolute Gasteiger partial charge is 0.379 e. The van der Waals surface area contributed by atoms with Crippen LogP contribution in [0.2, 0.25) is 0 Å². The van der Waals surface area contributed by atoms with E-state index in [1.165, 1.54) is 38.8 Å². The third kappa shape index (κ3) is 3.13. The van der Waals surface area contributed by atoms with Gasteiger partial charge in [0.05, 0.1) is 13.2 Å². The Morgan fingerprint density at radius 2 is 2.11 bits per heavy atom. The minimum atomic E-state index is 0.557. The number of fused-ring (bicyclic) bond motifs is 2.